The molecule has 1 aromatic carbocycles. The normalized spacial score (nSPS) is 9.09. The van der Waals surface area contributed by atoms with Crippen LogP contribution >= 0.6 is 0 Å². The Morgan fingerprint density at radius 2 is 2.27 bits per heavy atom. The smallest absolute Gasteiger partial charge is 0.0991 e. The number of nitrogen functional groups attached to an aromatic ring is 1. The third-order valence-electron chi connectivity index (χ3n) is 1.44. The molecule has 0 saturated carbocycles. The maximum atomic E-state index is 8.75. The van der Waals surface area contributed by atoms with E-state index in [1.165, 1.54) is 0 Å². The van der Waals surface area contributed by atoms with Gasteiger partial charge in [-0.1, -0.05) is 0 Å². The predicted molar refractivity (Wildman–Crippen MR) is 41.5 cm³/mol. The quantitative estimate of drug-likeness (QED) is 0.574. The Hall–Kier alpha value is -1.53. The Balaban J connectivity index is 3.15. The summed E-state index contributed by atoms with van der Waals surface area (Å²) >= 11 is 0. The molecule has 1 rings (SSSR count). The lowest BCUT2D eigenvalue weighted by Crippen LogP contribution is -1.94. The highest BCUT2D eigenvalue weighted by molar-refractivity contribution is 5.50. The number of rotatable bonds is 1. The van der Waals surface area contributed by atoms with Gasteiger partial charge in [0.05, 0.1) is 18.2 Å². The molecule has 3 heteroatoms. The van der Waals surface area contributed by atoms with Gasteiger partial charge in [0.1, 0.15) is 0 Å². The molecule has 0 heterocycles. The first-order valence-electron chi connectivity index (χ1n) is 3.17. The molecule has 0 radical (unpaired) electrons. The molecule has 0 amide bonds. The topological polar surface area (TPSA) is 70.0 Å². The van der Waals surface area contributed by atoms with Gasteiger partial charge in [0.15, 0.2) is 0 Å². The Labute approximate surface area is 64.7 Å². The van der Waals surface area contributed by atoms with Crippen LogP contribution in [0.5, 0.6) is 0 Å². The van der Waals surface area contributed by atoms with Gasteiger partial charge < -0.3 is 10.8 Å². The number of hydrogen-bond acceptors (Lipinski definition) is 3. The van der Waals surface area contributed by atoms with Gasteiger partial charge >= 0.3 is 0 Å². The van der Waals surface area contributed by atoms with Crippen LogP contribution in [0.2, 0.25) is 0 Å². The standard InChI is InChI=1S/C8H8N2O/c9-4-6-1-2-8(10)7(3-6)5-11/h1-3,11H,5,10H2. The fourth-order valence-corrected chi connectivity index (χ4v) is 0.812. The van der Waals surface area contributed by atoms with Crippen LogP contribution in [0.1, 0.15) is 11.1 Å². The lowest BCUT2D eigenvalue weighted by Gasteiger charge is -2.00. The lowest BCUT2D eigenvalue weighted by molar-refractivity contribution is 0.282. The molecule has 0 atom stereocenters. The van der Waals surface area contributed by atoms with Crippen molar-refractivity contribution in [3.8, 4) is 6.07 Å². The fourth-order valence-electron chi connectivity index (χ4n) is 0.812. The summed E-state index contributed by atoms with van der Waals surface area (Å²) in [6.45, 7) is -0.124. The zero-order valence-corrected chi connectivity index (χ0v) is 5.91. The van der Waals surface area contributed by atoms with Crippen molar-refractivity contribution in [1.82, 2.24) is 0 Å². The Bertz CT molecular complexity index is 301. The number of aliphatic hydroxyl groups is 1. The summed E-state index contributed by atoms with van der Waals surface area (Å²) < 4.78 is 0. The molecule has 0 aliphatic carbocycles. The van der Waals surface area contributed by atoms with E-state index < -0.39 is 0 Å². The molecule has 3 nitrogen and oxygen atoms in total. The van der Waals surface area contributed by atoms with E-state index in [0.29, 0.717) is 16.8 Å². The van der Waals surface area contributed by atoms with Gasteiger partial charge in [-0.2, -0.15) is 5.26 Å². The lowest BCUT2D eigenvalue weighted by atomic mass is 10.1. The molecule has 0 aliphatic rings. The largest absolute Gasteiger partial charge is 0.398 e. The van der Waals surface area contributed by atoms with Crippen LogP contribution in [0.4, 0.5) is 5.69 Å². The summed E-state index contributed by atoms with van der Waals surface area (Å²) in [7, 11) is 0. The molecular formula is C8H8N2O. The second-order valence-corrected chi connectivity index (χ2v) is 2.18. The van der Waals surface area contributed by atoms with Gasteiger partial charge in [0.25, 0.3) is 0 Å². The van der Waals surface area contributed by atoms with E-state index in [0.717, 1.165) is 0 Å². The van der Waals surface area contributed by atoms with Crippen LogP contribution in [0.15, 0.2) is 18.2 Å². The van der Waals surface area contributed by atoms with Crippen molar-refractivity contribution in [2.75, 3.05) is 5.73 Å². The molecule has 0 fully saturated rings. The molecule has 0 spiro atoms. The summed E-state index contributed by atoms with van der Waals surface area (Å²) in [5, 5.41) is 17.2. The average molecular weight is 148 g/mol. The summed E-state index contributed by atoms with van der Waals surface area (Å²) in [5.74, 6) is 0. The highest BCUT2D eigenvalue weighted by Gasteiger charge is 1.97. The first-order chi connectivity index (χ1) is 5.27. The van der Waals surface area contributed by atoms with Gasteiger partial charge in [0.2, 0.25) is 0 Å². The van der Waals surface area contributed by atoms with E-state index in [4.69, 9.17) is 16.1 Å². The molecule has 56 valence electrons. The highest BCUT2D eigenvalue weighted by atomic mass is 16.3. The number of anilines is 1. The van der Waals surface area contributed by atoms with Crippen LogP contribution in [0.25, 0.3) is 0 Å². The molecule has 0 unspecified atom stereocenters. The zero-order chi connectivity index (χ0) is 8.27. The minimum Gasteiger partial charge on any atom is -0.398 e. The van der Waals surface area contributed by atoms with E-state index in [-0.39, 0.29) is 6.61 Å². The third-order valence-corrected chi connectivity index (χ3v) is 1.44. The molecule has 0 aromatic heterocycles. The second kappa shape index (κ2) is 3.04. The van der Waals surface area contributed by atoms with Gasteiger partial charge in [0, 0.05) is 11.3 Å². The minimum absolute atomic E-state index is 0.124. The monoisotopic (exact) mass is 148 g/mol. The fraction of sp³-hybridized carbons (Fsp3) is 0.125. The average Bonchev–Trinajstić information content (AvgIpc) is 2.05. The van der Waals surface area contributed by atoms with Crippen LogP contribution < -0.4 is 5.73 Å². The van der Waals surface area contributed by atoms with Crippen molar-refractivity contribution >= 4 is 5.69 Å². The van der Waals surface area contributed by atoms with E-state index in [9.17, 15) is 0 Å². The highest BCUT2D eigenvalue weighted by Crippen LogP contribution is 2.12. The van der Waals surface area contributed by atoms with Gasteiger partial charge in [-0.25, -0.2) is 0 Å². The van der Waals surface area contributed by atoms with Crippen molar-refractivity contribution in [2.45, 2.75) is 6.61 Å². The van der Waals surface area contributed by atoms with Crippen LogP contribution in [-0.4, -0.2) is 5.11 Å². The van der Waals surface area contributed by atoms with Gasteiger partial charge in [-0.05, 0) is 18.2 Å². The minimum atomic E-state index is -0.124. The summed E-state index contributed by atoms with van der Waals surface area (Å²) in [5.41, 5.74) is 7.12. The first-order valence-corrected chi connectivity index (χ1v) is 3.17. The first kappa shape index (κ1) is 7.58. The van der Waals surface area contributed by atoms with Crippen molar-refractivity contribution in [2.24, 2.45) is 0 Å². The molecule has 11 heavy (non-hydrogen) atoms. The molecular weight excluding hydrogens is 140 g/mol. The van der Waals surface area contributed by atoms with E-state index in [2.05, 4.69) is 0 Å². The maximum Gasteiger partial charge on any atom is 0.0991 e. The van der Waals surface area contributed by atoms with E-state index in [1.807, 2.05) is 6.07 Å². The van der Waals surface area contributed by atoms with Crippen LogP contribution in [-0.2, 0) is 6.61 Å². The number of nitrogens with two attached hydrogens (primary N) is 1. The Morgan fingerprint density at radius 1 is 1.55 bits per heavy atom. The summed E-state index contributed by atoms with van der Waals surface area (Å²) in [4.78, 5) is 0. The van der Waals surface area contributed by atoms with Crippen molar-refractivity contribution in [3.05, 3.63) is 29.3 Å². The summed E-state index contributed by atoms with van der Waals surface area (Å²) in [6, 6.07) is 6.78. The third kappa shape index (κ3) is 1.48. The molecule has 0 aliphatic heterocycles. The predicted octanol–water partition coefficient (Wildman–Crippen LogP) is 0.633. The van der Waals surface area contributed by atoms with Gasteiger partial charge in [-0.3, -0.25) is 0 Å². The summed E-state index contributed by atoms with van der Waals surface area (Å²) in [6.07, 6.45) is 0. The van der Waals surface area contributed by atoms with Crippen molar-refractivity contribution in [3.63, 3.8) is 0 Å². The molecule has 3 N–H and O–H groups in total. The van der Waals surface area contributed by atoms with E-state index >= 15 is 0 Å². The number of nitriles is 1. The van der Waals surface area contributed by atoms with Gasteiger partial charge in [-0.15, -0.1) is 0 Å². The van der Waals surface area contributed by atoms with Crippen LogP contribution in [0, 0.1) is 11.3 Å². The molecule has 0 saturated heterocycles. The van der Waals surface area contributed by atoms with Crippen molar-refractivity contribution < 1.29 is 5.11 Å². The van der Waals surface area contributed by atoms with E-state index in [1.54, 1.807) is 18.2 Å². The van der Waals surface area contributed by atoms with Crippen molar-refractivity contribution in [1.29, 1.82) is 5.26 Å². The Kier molecular flexibility index (Phi) is 2.09. The van der Waals surface area contributed by atoms with Crippen LogP contribution in [0.3, 0.4) is 0 Å². The molecule has 1 aromatic rings. The number of nitrogens with zero attached hydrogens (tertiary/aromatic N) is 1. The zero-order valence-electron chi connectivity index (χ0n) is 5.91. The number of aliphatic hydroxyl groups excluding tert-OH is 1. The number of hydrogen-bond donors (Lipinski definition) is 2. The Morgan fingerprint density at radius 3 is 2.82 bits per heavy atom. The maximum absolute atomic E-state index is 8.75. The second-order valence-electron chi connectivity index (χ2n) is 2.18. The number of benzene rings is 1. The molecule has 0 bridgehead atoms. The SMILES string of the molecule is N#Cc1ccc(N)c(CO)c1.